The van der Waals surface area contributed by atoms with Crippen LogP contribution >= 0.6 is 51.7 Å². The van der Waals surface area contributed by atoms with Crippen molar-refractivity contribution in [2.24, 2.45) is 10.9 Å². The quantitative estimate of drug-likeness (QED) is 0.143. The highest BCUT2D eigenvalue weighted by atomic mass is 127. The standard InChI is InChI=1S/C18H27BrN4OS.HI/c1-3-20-18(22-11-10-21-17(24)14-4-5-14)23-12-13(2)25-16-8-6-15(19)7-9-16;/h6-9,13-14H,3-5,10-12H2,1-2H3,(H,21,24)(H2,20,22,23);1H. The molecule has 1 aliphatic rings. The van der Waals surface area contributed by atoms with Gasteiger partial charge in [0, 0.05) is 40.2 Å². The lowest BCUT2D eigenvalue weighted by Gasteiger charge is -2.14. The predicted octanol–water partition coefficient (Wildman–Crippen LogP) is 3.63. The second kappa shape index (κ2) is 12.8. The third-order valence-electron chi connectivity index (χ3n) is 3.67. The van der Waals surface area contributed by atoms with Gasteiger partial charge in [-0.2, -0.15) is 0 Å². The Morgan fingerprint density at radius 1 is 1.23 bits per heavy atom. The third kappa shape index (κ3) is 9.45. The molecule has 1 aliphatic carbocycles. The van der Waals surface area contributed by atoms with Gasteiger partial charge in [0.1, 0.15) is 0 Å². The van der Waals surface area contributed by atoms with E-state index in [1.165, 1.54) is 4.90 Å². The summed E-state index contributed by atoms with van der Waals surface area (Å²) in [6.07, 6.45) is 2.08. The number of hydrogen-bond acceptors (Lipinski definition) is 3. The summed E-state index contributed by atoms with van der Waals surface area (Å²) in [5.74, 6) is 1.24. The Morgan fingerprint density at radius 3 is 2.50 bits per heavy atom. The second-order valence-electron chi connectivity index (χ2n) is 6.09. The van der Waals surface area contributed by atoms with E-state index in [1.807, 2.05) is 18.7 Å². The third-order valence-corrected chi connectivity index (χ3v) is 5.29. The first kappa shape index (κ1) is 23.6. The largest absolute Gasteiger partial charge is 0.357 e. The van der Waals surface area contributed by atoms with Crippen molar-refractivity contribution in [2.45, 2.75) is 36.8 Å². The van der Waals surface area contributed by atoms with Gasteiger partial charge in [0.05, 0.1) is 6.54 Å². The summed E-state index contributed by atoms with van der Waals surface area (Å²) >= 11 is 5.27. The number of benzene rings is 1. The van der Waals surface area contributed by atoms with Gasteiger partial charge in [-0.1, -0.05) is 22.9 Å². The molecule has 1 amide bonds. The highest BCUT2D eigenvalue weighted by Crippen LogP contribution is 2.28. The summed E-state index contributed by atoms with van der Waals surface area (Å²) in [6, 6.07) is 8.34. The molecular weight excluding hydrogens is 527 g/mol. The normalized spacial score (nSPS) is 15.0. The van der Waals surface area contributed by atoms with Gasteiger partial charge in [-0.15, -0.1) is 35.7 Å². The van der Waals surface area contributed by atoms with Crippen LogP contribution in [0.5, 0.6) is 0 Å². The van der Waals surface area contributed by atoms with E-state index < -0.39 is 0 Å². The lowest BCUT2D eigenvalue weighted by molar-refractivity contribution is -0.122. The van der Waals surface area contributed by atoms with E-state index in [4.69, 9.17) is 0 Å². The minimum absolute atomic E-state index is 0. The Labute approximate surface area is 186 Å². The molecule has 1 atom stereocenters. The number of nitrogens with one attached hydrogen (secondary N) is 3. The molecule has 0 aliphatic heterocycles. The van der Waals surface area contributed by atoms with Gasteiger partial charge in [0.15, 0.2) is 5.96 Å². The molecule has 0 bridgehead atoms. The number of amides is 1. The van der Waals surface area contributed by atoms with Gasteiger partial charge in [0.25, 0.3) is 0 Å². The second-order valence-corrected chi connectivity index (χ2v) is 8.52. The Balaban J connectivity index is 0.00000338. The van der Waals surface area contributed by atoms with E-state index in [0.29, 0.717) is 18.3 Å². The van der Waals surface area contributed by atoms with Crippen LogP contribution in [0.15, 0.2) is 38.6 Å². The Bertz CT molecular complexity index is 581. The fourth-order valence-electron chi connectivity index (χ4n) is 2.20. The molecular formula is C18H28BrIN4OS. The van der Waals surface area contributed by atoms with Crippen molar-refractivity contribution >= 4 is 63.5 Å². The number of rotatable bonds is 9. The first-order valence-corrected chi connectivity index (χ1v) is 10.5. The van der Waals surface area contributed by atoms with Crippen molar-refractivity contribution in [3.05, 3.63) is 28.7 Å². The van der Waals surface area contributed by atoms with Gasteiger partial charge in [-0.25, -0.2) is 0 Å². The number of halogens is 2. The van der Waals surface area contributed by atoms with E-state index in [-0.39, 0.29) is 35.8 Å². The number of guanidine groups is 1. The van der Waals surface area contributed by atoms with Crippen molar-refractivity contribution in [1.29, 1.82) is 0 Å². The first-order valence-electron chi connectivity index (χ1n) is 8.80. The molecule has 1 unspecified atom stereocenters. The molecule has 26 heavy (non-hydrogen) atoms. The van der Waals surface area contributed by atoms with Gasteiger partial charge in [-0.05, 0) is 44.0 Å². The fraction of sp³-hybridized carbons (Fsp3) is 0.556. The molecule has 1 aromatic carbocycles. The average Bonchev–Trinajstić information content (AvgIpc) is 3.43. The van der Waals surface area contributed by atoms with Crippen molar-refractivity contribution in [3.63, 3.8) is 0 Å². The molecule has 0 aromatic heterocycles. The average molecular weight is 555 g/mol. The lowest BCUT2D eigenvalue weighted by atomic mass is 10.4. The summed E-state index contributed by atoms with van der Waals surface area (Å²) in [7, 11) is 0. The van der Waals surface area contributed by atoms with Gasteiger partial charge in [0.2, 0.25) is 5.91 Å². The van der Waals surface area contributed by atoms with Crippen LogP contribution in [0, 0.1) is 5.92 Å². The maximum absolute atomic E-state index is 11.6. The van der Waals surface area contributed by atoms with Crippen molar-refractivity contribution < 1.29 is 4.79 Å². The van der Waals surface area contributed by atoms with Crippen LogP contribution in [0.4, 0.5) is 0 Å². The molecule has 0 radical (unpaired) electrons. The molecule has 146 valence electrons. The topological polar surface area (TPSA) is 65.5 Å². The minimum atomic E-state index is 0. The SMILES string of the molecule is CCNC(=NCC(C)Sc1ccc(Br)cc1)NCCNC(=O)C1CC1.I. The number of aliphatic imine (C=N–C) groups is 1. The zero-order valence-corrected chi connectivity index (χ0v) is 20.0. The monoisotopic (exact) mass is 554 g/mol. The molecule has 2 rings (SSSR count). The fourth-order valence-corrected chi connectivity index (χ4v) is 3.37. The molecule has 8 heteroatoms. The van der Waals surface area contributed by atoms with Gasteiger partial charge < -0.3 is 16.0 Å². The van der Waals surface area contributed by atoms with E-state index in [9.17, 15) is 4.79 Å². The van der Waals surface area contributed by atoms with Gasteiger partial charge in [-0.3, -0.25) is 9.79 Å². The van der Waals surface area contributed by atoms with Crippen LogP contribution in [-0.2, 0) is 4.79 Å². The Kier molecular flexibility index (Phi) is 11.6. The van der Waals surface area contributed by atoms with E-state index in [1.54, 1.807) is 0 Å². The lowest BCUT2D eigenvalue weighted by Crippen LogP contribution is -2.42. The molecule has 5 nitrogen and oxygen atoms in total. The van der Waals surface area contributed by atoms with E-state index in [2.05, 4.69) is 68.1 Å². The number of hydrogen-bond donors (Lipinski definition) is 3. The van der Waals surface area contributed by atoms with Crippen molar-refractivity contribution in [1.82, 2.24) is 16.0 Å². The Hall–Kier alpha value is -0.480. The molecule has 0 saturated heterocycles. The molecule has 3 N–H and O–H groups in total. The zero-order chi connectivity index (χ0) is 18.1. The Morgan fingerprint density at radius 2 is 1.88 bits per heavy atom. The highest BCUT2D eigenvalue weighted by molar-refractivity contribution is 14.0. The molecule has 0 spiro atoms. The number of nitrogens with zero attached hydrogens (tertiary/aromatic N) is 1. The highest BCUT2D eigenvalue weighted by Gasteiger charge is 2.28. The van der Waals surface area contributed by atoms with Crippen LogP contribution in [0.25, 0.3) is 0 Å². The number of carbonyl (C=O) groups excluding carboxylic acids is 1. The van der Waals surface area contributed by atoms with Crippen LogP contribution in [0.3, 0.4) is 0 Å². The first-order chi connectivity index (χ1) is 12.1. The molecule has 1 saturated carbocycles. The minimum Gasteiger partial charge on any atom is -0.357 e. The predicted molar refractivity (Wildman–Crippen MR) is 125 cm³/mol. The van der Waals surface area contributed by atoms with Crippen molar-refractivity contribution in [2.75, 3.05) is 26.2 Å². The zero-order valence-electron chi connectivity index (χ0n) is 15.3. The summed E-state index contributed by atoms with van der Waals surface area (Å²) in [5.41, 5.74) is 0. The smallest absolute Gasteiger partial charge is 0.223 e. The van der Waals surface area contributed by atoms with E-state index in [0.717, 1.165) is 36.4 Å². The molecule has 0 heterocycles. The van der Waals surface area contributed by atoms with Crippen LogP contribution in [-0.4, -0.2) is 43.3 Å². The van der Waals surface area contributed by atoms with Crippen LogP contribution < -0.4 is 16.0 Å². The summed E-state index contributed by atoms with van der Waals surface area (Å²) in [6.45, 7) is 7.07. The number of thioether (sulfide) groups is 1. The van der Waals surface area contributed by atoms with Crippen molar-refractivity contribution in [3.8, 4) is 0 Å². The summed E-state index contributed by atoms with van der Waals surface area (Å²) in [4.78, 5) is 17.5. The maximum Gasteiger partial charge on any atom is 0.223 e. The summed E-state index contributed by atoms with van der Waals surface area (Å²) in [5, 5.41) is 9.85. The number of carbonyl (C=O) groups is 1. The maximum atomic E-state index is 11.6. The van der Waals surface area contributed by atoms with Crippen LogP contribution in [0.1, 0.15) is 26.7 Å². The van der Waals surface area contributed by atoms with E-state index >= 15 is 0 Å². The van der Waals surface area contributed by atoms with Gasteiger partial charge >= 0.3 is 0 Å². The van der Waals surface area contributed by atoms with Crippen LogP contribution in [0.2, 0.25) is 0 Å². The summed E-state index contributed by atoms with van der Waals surface area (Å²) < 4.78 is 1.09. The molecule has 1 fully saturated rings. The molecule has 1 aromatic rings.